The molecule has 2 aromatic carbocycles. The summed E-state index contributed by atoms with van der Waals surface area (Å²) in [6.07, 6.45) is 3.46. The van der Waals surface area contributed by atoms with E-state index in [9.17, 15) is 14.0 Å². The Morgan fingerprint density at radius 2 is 2.03 bits per heavy atom. The zero-order valence-corrected chi connectivity index (χ0v) is 18.0. The molecule has 0 bridgehead atoms. The number of pyridine rings is 2. The third kappa shape index (κ3) is 4.85. The van der Waals surface area contributed by atoms with Gasteiger partial charge in [-0.2, -0.15) is 0 Å². The molecule has 0 saturated heterocycles. The predicted octanol–water partition coefficient (Wildman–Crippen LogP) is 4.29. The van der Waals surface area contributed by atoms with E-state index < -0.39 is 17.8 Å². The number of nitrogens with two attached hydrogens (primary N) is 1. The van der Waals surface area contributed by atoms with Gasteiger partial charge in [-0.05, 0) is 48.2 Å². The van der Waals surface area contributed by atoms with E-state index >= 15 is 0 Å². The molecule has 0 aliphatic rings. The fraction of sp³-hybridized carbons (Fsp3) is 0.160. The van der Waals surface area contributed by atoms with E-state index in [1.165, 1.54) is 22.8 Å². The first-order chi connectivity index (χ1) is 16.0. The van der Waals surface area contributed by atoms with Crippen LogP contribution in [-0.4, -0.2) is 21.6 Å². The number of hydrogen-bond acceptors (Lipinski definition) is 5. The van der Waals surface area contributed by atoms with Gasteiger partial charge >= 0.3 is 0 Å². The molecule has 1 amide bonds. The summed E-state index contributed by atoms with van der Waals surface area (Å²) >= 11 is 0. The molecule has 1 atom stereocenters. The van der Waals surface area contributed by atoms with Crippen molar-refractivity contribution in [2.75, 3.05) is 11.1 Å². The number of hydrogen-bond donors (Lipinski definition) is 2. The minimum absolute atomic E-state index is 0.00406. The van der Waals surface area contributed by atoms with Crippen molar-refractivity contribution in [2.45, 2.75) is 25.9 Å². The molecular weight excluding hydrogens is 423 g/mol. The van der Waals surface area contributed by atoms with Crippen LogP contribution in [0, 0.1) is 5.82 Å². The van der Waals surface area contributed by atoms with Crippen LogP contribution >= 0.6 is 0 Å². The topological polar surface area (TPSA) is 99.2 Å². The minimum atomic E-state index is -0.832. The Morgan fingerprint density at radius 1 is 1.18 bits per heavy atom. The average molecular weight is 446 g/mol. The van der Waals surface area contributed by atoms with Crippen molar-refractivity contribution < 1.29 is 13.9 Å². The highest BCUT2D eigenvalue weighted by Crippen LogP contribution is 2.26. The zero-order chi connectivity index (χ0) is 23.4. The molecule has 3 N–H and O–H groups in total. The van der Waals surface area contributed by atoms with Gasteiger partial charge < -0.3 is 15.8 Å². The van der Waals surface area contributed by atoms with Crippen LogP contribution in [-0.2, 0) is 4.79 Å². The Bertz CT molecular complexity index is 1370. The highest BCUT2D eigenvalue weighted by atomic mass is 19.1. The van der Waals surface area contributed by atoms with E-state index in [1.54, 1.807) is 42.7 Å². The van der Waals surface area contributed by atoms with Gasteiger partial charge in [-0.3, -0.25) is 14.2 Å². The number of carbonyl (C=O) groups excluding carboxylic acids is 1. The normalized spacial score (nSPS) is 11.8. The first-order valence-corrected chi connectivity index (χ1v) is 10.6. The lowest BCUT2D eigenvalue weighted by molar-refractivity contribution is -0.123. The Balaban J connectivity index is 1.53. The second kappa shape index (κ2) is 9.52. The highest BCUT2D eigenvalue weighted by Gasteiger charge is 2.21. The number of carbonyl (C=O) groups is 1. The van der Waals surface area contributed by atoms with E-state index in [4.69, 9.17) is 10.5 Å². The average Bonchev–Trinajstić information content (AvgIpc) is 2.81. The molecule has 1 unspecified atom stereocenters. The molecule has 7 nitrogen and oxygen atoms in total. The van der Waals surface area contributed by atoms with Gasteiger partial charge in [0.1, 0.15) is 17.4 Å². The number of nitrogens with zero attached hydrogens (tertiary/aromatic N) is 2. The maximum absolute atomic E-state index is 14.7. The SMILES string of the molecule is CCCC(Oc1ccc2ccnc(N)c2c1)C(=O)Nc1ccc(-n2ccccc2=O)cc1F. The number of rotatable bonds is 7. The quantitative estimate of drug-likeness (QED) is 0.441. The molecule has 33 heavy (non-hydrogen) atoms. The summed E-state index contributed by atoms with van der Waals surface area (Å²) in [6.45, 7) is 1.93. The van der Waals surface area contributed by atoms with E-state index in [0.717, 1.165) is 10.8 Å². The Labute approximate surface area is 189 Å². The summed E-state index contributed by atoms with van der Waals surface area (Å²) in [5.41, 5.74) is 6.03. The molecule has 0 radical (unpaired) electrons. The van der Waals surface area contributed by atoms with Crippen molar-refractivity contribution in [1.82, 2.24) is 9.55 Å². The molecule has 0 saturated carbocycles. The molecule has 0 spiro atoms. The fourth-order valence-electron chi connectivity index (χ4n) is 3.52. The Kier molecular flexibility index (Phi) is 6.35. The summed E-state index contributed by atoms with van der Waals surface area (Å²) in [7, 11) is 0. The van der Waals surface area contributed by atoms with Crippen LogP contribution in [0.2, 0.25) is 0 Å². The number of amides is 1. The summed E-state index contributed by atoms with van der Waals surface area (Å²) in [5.74, 6) is -0.291. The van der Waals surface area contributed by atoms with Crippen molar-refractivity contribution in [3.8, 4) is 11.4 Å². The van der Waals surface area contributed by atoms with Gasteiger partial charge in [-0.1, -0.05) is 25.5 Å². The lowest BCUT2D eigenvalue weighted by Gasteiger charge is -2.19. The van der Waals surface area contributed by atoms with E-state index in [0.29, 0.717) is 30.1 Å². The predicted molar refractivity (Wildman–Crippen MR) is 126 cm³/mol. The van der Waals surface area contributed by atoms with Crippen LogP contribution in [0.25, 0.3) is 16.5 Å². The van der Waals surface area contributed by atoms with Gasteiger partial charge in [0.05, 0.1) is 11.4 Å². The van der Waals surface area contributed by atoms with Crippen LogP contribution in [0.15, 0.2) is 77.9 Å². The number of aromatic nitrogens is 2. The second-order valence-corrected chi connectivity index (χ2v) is 7.54. The highest BCUT2D eigenvalue weighted by molar-refractivity contribution is 5.95. The number of ether oxygens (including phenoxy) is 1. The third-order valence-electron chi connectivity index (χ3n) is 5.20. The molecule has 2 aromatic heterocycles. The second-order valence-electron chi connectivity index (χ2n) is 7.54. The summed E-state index contributed by atoms with van der Waals surface area (Å²) in [4.78, 5) is 29.0. The van der Waals surface area contributed by atoms with Crippen LogP contribution < -0.4 is 21.3 Å². The molecular formula is C25H23FN4O3. The number of benzene rings is 2. The monoisotopic (exact) mass is 446 g/mol. The first-order valence-electron chi connectivity index (χ1n) is 10.6. The molecule has 0 aliphatic carbocycles. The van der Waals surface area contributed by atoms with Gasteiger partial charge in [-0.15, -0.1) is 0 Å². The number of nitrogen functional groups attached to an aromatic ring is 1. The minimum Gasteiger partial charge on any atom is -0.481 e. The molecule has 0 aliphatic heterocycles. The van der Waals surface area contributed by atoms with Gasteiger partial charge in [0.15, 0.2) is 6.10 Å². The van der Waals surface area contributed by atoms with Crippen LogP contribution in [0.1, 0.15) is 19.8 Å². The maximum Gasteiger partial charge on any atom is 0.265 e. The van der Waals surface area contributed by atoms with Crippen LogP contribution in [0.3, 0.4) is 0 Å². The van der Waals surface area contributed by atoms with Crippen LogP contribution in [0.4, 0.5) is 15.9 Å². The number of fused-ring (bicyclic) bond motifs is 1. The lowest BCUT2D eigenvalue weighted by Crippen LogP contribution is -2.33. The molecule has 168 valence electrons. The number of halogens is 1. The standard InChI is InChI=1S/C25H23FN4O3/c1-2-5-22(33-18-9-7-16-11-12-28-24(27)19(16)15-18)25(32)29-21-10-8-17(14-20(21)26)30-13-4-3-6-23(30)31/h3-4,6-15,22H,2,5H2,1H3,(H2,27,28)(H,29,32). The molecule has 4 rings (SSSR count). The maximum atomic E-state index is 14.7. The first kappa shape index (κ1) is 22.0. The van der Waals surface area contributed by atoms with Gasteiger partial charge in [-0.25, -0.2) is 9.37 Å². The third-order valence-corrected chi connectivity index (χ3v) is 5.20. The smallest absolute Gasteiger partial charge is 0.265 e. The number of anilines is 2. The zero-order valence-electron chi connectivity index (χ0n) is 18.0. The summed E-state index contributed by atoms with van der Waals surface area (Å²) < 4.78 is 22.0. The molecule has 8 heteroatoms. The van der Waals surface area contributed by atoms with Gasteiger partial charge in [0.2, 0.25) is 0 Å². The summed E-state index contributed by atoms with van der Waals surface area (Å²) in [6, 6.07) is 16.0. The van der Waals surface area contributed by atoms with Crippen molar-refractivity contribution >= 4 is 28.2 Å². The van der Waals surface area contributed by atoms with Crippen molar-refractivity contribution in [2.24, 2.45) is 0 Å². The van der Waals surface area contributed by atoms with Crippen LogP contribution in [0.5, 0.6) is 5.75 Å². The van der Waals surface area contributed by atoms with Crippen molar-refractivity contribution in [3.63, 3.8) is 0 Å². The Morgan fingerprint density at radius 3 is 2.79 bits per heavy atom. The lowest BCUT2D eigenvalue weighted by atomic mass is 10.1. The van der Waals surface area contributed by atoms with E-state index in [-0.39, 0.29) is 11.2 Å². The molecule has 2 heterocycles. The largest absolute Gasteiger partial charge is 0.481 e. The summed E-state index contributed by atoms with van der Waals surface area (Å²) in [5, 5.41) is 4.23. The molecule has 0 fully saturated rings. The molecule has 4 aromatic rings. The van der Waals surface area contributed by atoms with E-state index in [1.807, 2.05) is 19.1 Å². The van der Waals surface area contributed by atoms with Gasteiger partial charge in [0, 0.05) is 29.9 Å². The fourth-order valence-corrected chi connectivity index (χ4v) is 3.52. The van der Waals surface area contributed by atoms with Crippen molar-refractivity contribution in [1.29, 1.82) is 0 Å². The number of nitrogens with one attached hydrogen (secondary N) is 1. The Hall–Kier alpha value is -4.20. The van der Waals surface area contributed by atoms with Gasteiger partial charge in [0.25, 0.3) is 11.5 Å². The van der Waals surface area contributed by atoms with Crippen molar-refractivity contribution in [3.05, 3.63) is 89.2 Å². The van der Waals surface area contributed by atoms with E-state index in [2.05, 4.69) is 10.3 Å².